The van der Waals surface area contributed by atoms with Gasteiger partial charge in [-0.15, -0.1) is 0 Å². The van der Waals surface area contributed by atoms with Crippen LogP contribution in [0.15, 0.2) is 18.2 Å². The third-order valence-electron chi connectivity index (χ3n) is 7.59. The summed E-state index contributed by atoms with van der Waals surface area (Å²) in [4.78, 5) is 0. The molecule has 3 aliphatic rings. The molecule has 2 fully saturated rings. The fraction of sp³-hybridized carbons (Fsp3) is 0.760. The number of fused-ring (bicyclic) bond motifs is 2. The van der Waals surface area contributed by atoms with Crippen LogP contribution in [0.2, 0.25) is 0 Å². The third-order valence-corrected chi connectivity index (χ3v) is 7.59. The maximum absolute atomic E-state index is 6.08. The molecule has 1 aromatic rings. The molecule has 0 amide bonds. The van der Waals surface area contributed by atoms with E-state index in [1.807, 2.05) is 0 Å². The number of aryl methyl sites for hydroxylation is 1. The topological polar surface area (TPSA) is 18.5 Å². The first-order chi connectivity index (χ1) is 13.3. The Balaban J connectivity index is 1.32. The Hall–Kier alpha value is -1.02. The molecule has 0 bridgehead atoms. The first-order valence-electron chi connectivity index (χ1n) is 11.6. The van der Waals surface area contributed by atoms with Crippen LogP contribution in [0.3, 0.4) is 0 Å². The van der Waals surface area contributed by atoms with Crippen molar-refractivity contribution in [2.24, 2.45) is 23.7 Å². The van der Waals surface area contributed by atoms with Crippen LogP contribution in [0.1, 0.15) is 76.3 Å². The predicted octanol–water partition coefficient (Wildman–Crippen LogP) is 6.20. The second-order valence-corrected chi connectivity index (χ2v) is 9.27. The summed E-state index contributed by atoms with van der Waals surface area (Å²) in [6.07, 6.45) is 14.1. The van der Waals surface area contributed by atoms with Crippen LogP contribution in [0.5, 0.6) is 5.75 Å². The molecule has 0 radical (unpaired) electrons. The molecular formula is C25H38O2. The van der Waals surface area contributed by atoms with Crippen molar-refractivity contribution < 1.29 is 9.47 Å². The van der Waals surface area contributed by atoms with E-state index in [1.54, 1.807) is 11.1 Å². The number of rotatable bonds is 6. The minimum absolute atomic E-state index is 0.559. The summed E-state index contributed by atoms with van der Waals surface area (Å²) < 4.78 is 11.8. The van der Waals surface area contributed by atoms with Crippen LogP contribution >= 0.6 is 0 Å². The largest absolute Gasteiger partial charge is 0.494 e. The fourth-order valence-electron chi connectivity index (χ4n) is 6.16. The molecule has 4 rings (SSSR count). The van der Waals surface area contributed by atoms with Crippen LogP contribution in [0.4, 0.5) is 0 Å². The number of hydrogen-bond donors (Lipinski definition) is 0. The molecular weight excluding hydrogens is 332 g/mol. The molecule has 0 heterocycles. The standard InChI is InChI=1S/C25H38O2/c1-3-13-27-25-12-10-21-15-19(6-8-23(21)17-25)18-5-7-22-16-24(26-4-2)11-9-20(22)14-18/h9,11,16,18-19,21,23,25H,3-8,10,12-15,17H2,1-2H3/t18?,19?,21-,23?,25-/m1/s1. The van der Waals surface area contributed by atoms with E-state index < -0.39 is 0 Å². The first kappa shape index (κ1) is 19.3. The molecule has 0 N–H and O–H groups in total. The van der Waals surface area contributed by atoms with Crippen molar-refractivity contribution >= 4 is 0 Å². The summed E-state index contributed by atoms with van der Waals surface area (Å²) in [5.74, 6) is 4.84. The monoisotopic (exact) mass is 370 g/mol. The molecule has 3 unspecified atom stereocenters. The zero-order valence-corrected chi connectivity index (χ0v) is 17.4. The maximum atomic E-state index is 6.08. The molecule has 150 valence electrons. The SMILES string of the molecule is CCCO[C@@H]1CC[C@@H]2CC(C3CCc4cc(OCC)ccc4C3)CCC2C1. The van der Waals surface area contributed by atoms with Gasteiger partial charge in [0.2, 0.25) is 0 Å². The number of ether oxygens (including phenoxy) is 2. The molecule has 1 aromatic carbocycles. The smallest absolute Gasteiger partial charge is 0.119 e. The van der Waals surface area contributed by atoms with Crippen LogP contribution in [0.25, 0.3) is 0 Å². The van der Waals surface area contributed by atoms with E-state index in [1.165, 1.54) is 57.8 Å². The Bertz CT molecular complexity index is 610. The van der Waals surface area contributed by atoms with Gasteiger partial charge >= 0.3 is 0 Å². The number of hydrogen-bond acceptors (Lipinski definition) is 2. The lowest BCUT2D eigenvalue weighted by Crippen LogP contribution is -2.37. The van der Waals surface area contributed by atoms with Gasteiger partial charge in [-0.3, -0.25) is 0 Å². The second-order valence-electron chi connectivity index (χ2n) is 9.27. The Kier molecular flexibility index (Phi) is 6.42. The minimum Gasteiger partial charge on any atom is -0.494 e. The van der Waals surface area contributed by atoms with Gasteiger partial charge < -0.3 is 9.47 Å². The molecule has 0 spiro atoms. The molecule has 0 aromatic heterocycles. The summed E-state index contributed by atoms with van der Waals surface area (Å²) in [6, 6.07) is 6.82. The first-order valence-corrected chi connectivity index (χ1v) is 11.6. The van der Waals surface area contributed by atoms with Crippen LogP contribution < -0.4 is 4.74 Å². The van der Waals surface area contributed by atoms with Gasteiger partial charge in [0.1, 0.15) is 5.75 Å². The van der Waals surface area contributed by atoms with Gasteiger partial charge in [-0.1, -0.05) is 13.0 Å². The van der Waals surface area contributed by atoms with Gasteiger partial charge in [0.05, 0.1) is 12.7 Å². The van der Waals surface area contributed by atoms with Gasteiger partial charge in [-0.25, -0.2) is 0 Å². The van der Waals surface area contributed by atoms with E-state index in [0.29, 0.717) is 6.10 Å². The highest BCUT2D eigenvalue weighted by Gasteiger charge is 2.38. The third kappa shape index (κ3) is 4.53. The van der Waals surface area contributed by atoms with Crippen LogP contribution in [0, 0.1) is 23.7 Å². The Morgan fingerprint density at radius 3 is 2.44 bits per heavy atom. The normalized spacial score (nSPS) is 33.2. The quantitative estimate of drug-likeness (QED) is 0.593. The Morgan fingerprint density at radius 1 is 0.852 bits per heavy atom. The van der Waals surface area contributed by atoms with Crippen molar-refractivity contribution in [1.29, 1.82) is 0 Å². The highest BCUT2D eigenvalue weighted by molar-refractivity contribution is 5.37. The molecule has 0 saturated heterocycles. The summed E-state index contributed by atoms with van der Waals surface area (Å²) in [6.45, 7) is 6.00. The van der Waals surface area contributed by atoms with Gasteiger partial charge in [0.15, 0.2) is 0 Å². The number of benzene rings is 1. The van der Waals surface area contributed by atoms with Crippen molar-refractivity contribution in [1.82, 2.24) is 0 Å². The van der Waals surface area contributed by atoms with E-state index in [4.69, 9.17) is 9.47 Å². The zero-order valence-electron chi connectivity index (χ0n) is 17.4. The van der Waals surface area contributed by atoms with Gasteiger partial charge in [0, 0.05) is 6.61 Å². The Labute approximate surface area is 166 Å². The maximum Gasteiger partial charge on any atom is 0.119 e. The van der Waals surface area contributed by atoms with E-state index in [9.17, 15) is 0 Å². The summed E-state index contributed by atoms with van der Waals surface area (Å²) >= 11 is 0. The van der Waals surface area contributed by atoms with E-state index in [-0.39, 0.29) is 0 Å². The Morgan fingerprint density at radius 2 is 1.63 bits per heavy atom. The van der Waals surface area contributed by atoms with Crippen LogP contribution in [-0.4, -0.2) is 19.3 Å². The minimum atomic E-state index is 0.559. The molecule has 0 aliphatic heterocycles. The lowest BCUT2D eigenvalue weighted by atomic mass is 9.62. The fourth-order valence-corrected chi connectivity index (χ4v) is 6.16. The average Bonchev–Trinajstić information content (AvgIpc) is 2.71. The second kappa shape index (κ2) is 8.99. The molecule has 5 atom stereocenters. The van der Waals surface area contributed by atoms with Crippen molar-refractivity contribution in [2.75, 3.05) is 13.2 Å². The molecule has 27 heavy (non-hydrogen) atoms. The molecule has 2 nitrogen and oxygen atoms in total. The summed E-state index contributed by atoms with van der Waals surface area (Å²) in [5, 5.41) is 0. The molecule has 3 aliphatic carbocycles. The lowest BCUT2D eigenvalue weighted by Gasteiger charge is -2.45. The van der Waals surface area contributed by atoms with Crippen molar-refractivity contribution in [3.8, 4) is 5.75 Å². The highest BCUT2D eigenvalue weighted by atomic mass is 16.5. The average molecular weight is 371 g/mol. The lowest BCUT2D eigenvalue weighted by molar-refractivity contribution is -0.0236. The van der Waals surface area contributed by atoms with Crippen LogP contribution in [-0.2, 0) is 17.6 Å². The molecule has 2 heteroatoms. The van der Waals surface area contributed by atoms with Gasteiger partial charge in [-0.05, 0) is 118 Å². The predicted molar refractivity (Wildman–Crippen MR) is 111 cm³/mol. The van der Waals surface area contributed by atoms with E-state index >= 15 is 0 Å². The highest BCUT2D eigenvalue weighted by Crippen LogP contribution is 2.47. The summed E-state index contributed by atoms with van der Waals surface area (Å²) in [7, 11) is 0. The van der Waals surface area contributed by atoms with Crippen molar-refractivity contribution in [3.05, 3.63) is 29.3 Å². The van der Waals surface area contributed by atoms with E-state index in [2.05, 4.69) is 32.0 Å². The zero-order chi connectivity index (χ0) is 18.6. The summed E-state index contributed by atoms with van der Waals surface area (Å²) in [5.41, 5.74) is 3.13. The van der Waals surface area contributed by atoms with E-state index in [0.717, 1.165) is 49.1 Å². The van der Waals surface area contributed by atoms with Crippen molar-refractivity contribution in [3.63, 3.8) is 0 Å². The molecule has 2 saturated carbocycles. The van der Waals surface area contributed by atoms with Gasteiger partial charge in [-0.2, -0.15) is 0 Å². The van der Waals surface area contributed by atoms with Gasteiger partial charge in [0.25, 0.3) is 0 Å². The van der Waals surface area contributed by atoms with Crippen molar-refractivity contribution in [2.45, 2.75) is 84.2 Å².